The van der Waals surface area contributed by atoms with Crippen LogP contribution in [0, 0.1) is 0 Å². The van der Waals surface area contributed by atoms with Gasteiger partial charge in [0.25, 0.3) is 0 Å². The average Bonchev–Trinajstić information content (AvgIpc) is 2.44. The van der Waals surface area contributed by atoms with Gasteiger partial charge in [-0.05, 0) is 38.7 Å². The molecule has 2 unspecified atom stereocenters. The Bertz CT molecular complexity index is 448. The third-order valence-electron chi connectivity index (χ3n) is 3.26. The molecule has 0 bridgehead atoms. The van der Waals surface area contributed by atoms with Crippen molar-refractivity contribution in [1.82, 2.24) is 10.6 Å². The zero-order valence-corrected chi connectivity index (χ0v) is 12.6. The van der Waals surface area contributed by atoms with Gasteiger partial charge in [0.05, 0.1) is 0 Å². The topological polar surface area (TPSA) is 78.4 Å². The van der Waals surface area contributed by atoms with E-state index in [1.54, 1.807) is 6.92 Å². The first kappa shape index (κ1) is 17.0. The van der Waals surface area contributed by atoms with Gasteiger partial charge in [-0.3, -0.25) is 4.79 Å². The Morgan fingerprint density at radius 3 is 2.19 bits per heavy atom. The van der Waals surface area contributed by atoms with Crippen molar-refractivity contribution in [1.29, 1.82) is 0 Å². The molecule has 0 fully saturated rings. The minimum absolute atomic E-state index is 0.0605. The molecular formula is C16H24N2O3. The number of urea groups is 1. The van der Waals surface area contributed by atoms with Gasteiger partial charge in [-0.1, -0.05) is 30.3 Å². The van der Waals surface area contributed by atoms with E-state index in [1.807, 2.05) is 25.1 Å². The minimum atomic E-state index is -0.847. The highest BCUT2D eigenvalue weighted by atomic mass is 16.4. The number of benzene rings is 1. The van der Waals surface area contributed by atoms with Crippen LogP contribution < -0.4 is 10.6 Å². The van der Waals surface area contributed by atoms with E-state index in [2.05, 4.69) is 22.8 Å². The van der Waals surface area contributed by atoms with Crippen LogP contribution in [0.2, 0.25) is 0 Å². The van der Waals surface area contributed by atoms with Crippen LogP contribution in [0.3, 0.4) is 0 Å². The second kappa shape index (κ2) is 9.00. The molecule has 0 aliphatic rings. The number of hydrogen-bond acceptors (Lipinski definition) is 2. The summed E-state index contributed by atoms with van der Waals surface area (Å²) in [5.74, 6) is -0.847. The SMILES string of the molecule is CC(CCC(=O)O)NC(=O)NC(C)CCc1ccccc1. The lowest BCUT2D eigenvalue weighted by Crippen LogP contribution is -2.44. The van der Waals surface area contributed by atoms with Crippen LogP contribution in [-0.2, 0) is 11.2 Å². The van der Waals surface area contributed by atoms with E-state index in [0.29, 0.717) is 6.42 Å². The lowest BCUT2D eigenvalue weighted by molar-refractivity contribution is -0.137. The van der Waals surface area contributed by atoms with Crippen LogP contribution in [0.25, 0.3) is 0 Å². The molecule has 21 heavy (non-hydrogen) atoms. The smallest absolute Gasteiger partial charge is 0.315 e. The number of rotatable bonds is 8. The highest BCUT2D eigenvalue weighted by Gasteiger charge is 2.11. The van der Waals surface area contributed by atoms with Crippen molar-refractivity contribution < 1.29 is 14.7 Å². The molecule has 0 heterocycles. The average molecular weight is 292 g/mol. The highest BCUT2D eigenvalue weighted by Crippen LogP contribution is 2.04. The Hall–Kier alpha value is -2.04. The van der Waals surface area contributed by atoms with Gasteiger partial charge in [0, 0.05) is 18.5 Å². The fraction of sp³-hybridized carbons (Fsp3) is 0.500. The molecule has 0 radical (unpaired) electrons. The predicted molar refractivity (Wildman–Crippen MR) is 82.2 cm³/mol. The van der Waals surface area contributed by atoms with E-state index in [0.717, 1.165) is 12.8 Å². The number of carboxylic acid groups (broad SMARTS) is 1. The number of carboxylic acids is 1. The maximum Gasteiger partial charge on any atom is 0.315 e. The molecule has 0 aromatic heterocycles. The number of amides is 2. The zero-order valence-electron chi connectivity index (χ0n) is 12.6. The number of aliphatic carboxylic acids is 1. The van der Waals surface area contributed by atoms with E-state index in [9.17, 15) is 9.59 Å². The third-order valence-corrected chi connectivity index (χ3v) is 3.26. The van der Waals surface area contributed by atoms with Gasteiger partial charge in [-0.25, -0.2) is 4.79 Å². The largest absolute Gasteiger partial charge is 0.481 e. The zero-order chi connectivity index (χ0) is 15.7. The van der Waals surface area contributed by atoms with Gasteiger partial charge in [0.15, 0.2) is 0 Å². The lowest BCUT2D eigenvalue weighted by atomic mass is 10.1. The molecular weight excluding hydrogens is 268 g/mol. The molecule has 3 N–H and O–H groups in total. The molecule has 0 spiro atoms. The number of aryl methyl sites for hydroxylation is 1. The second-order valence-electron chi connectivity index (χ2n) is 5.38. The second-order valence-corrected chi connectivity index (χ2v) is 5.38. The van der Waals surface area contributed by atoms with E-state index in [-0.39, 0.29) is 24.5 Å². The number of nitrogens with one attached hydrogen (secondary N) is 2. The summed E-state index contributed by atoms with van der Waals surface area (Å²) in [6.45, 7) is 3.77. The molecule has 1 aromatic rings. The molecule has 1 aromatic carbocycles. The standard InChI is InChI=1S/C16H24N2O3/c1-12(8-10-14-6-4-3-5-7-14)17-16(21)18-13(2)9-11-15(19)20/h3-7,12-13H,8-11H2,1-2H3,(H,19,20)(H2,17,18,21). The Kier molecular flexibility index (Phi) is 7.29. The van der Waals surface area contributed by atoms with Crippen molar-refractivity contribution in [2.24, 2.45) is 0 Å². The van der Waals surface area contributed by atoms with Crippen LogP contribution in [0.1, 0.15) is 38.7 Å². The van der Waals surface area contributed by atoms with Gasteiger partial charge < -0.3 is 15.7 Å². The van der Waals surface area contributed by atoms with Crippen LogP contribution in [0.5, 0.6) is 0 Å². The quantitative estimate of drug-likeness (QED) is 0.689. The van der Waals surface area contributed by atoms with Crippen LogP contribution in [0.4, 0.5) is 4.79 Å². The summed E-state index contributed by atoms with van der Waals surface area (Å²) in [7, 11) is 0. The summed E-state index contributed by atoms with van der Waals surface area (Å²) in [4.78, 5) is 22.2. The Labute approximate surface area is 125 Å². The van der Waals surface area contributed by atoms with Gasteiger partial charge in [-0.15, -0.1) is 0 Å². The molecule has 5 heteroatoms. The molecule has 2 atom stereocenters. The first-order valence-electron chi connectivity index (χ1n) is 7.30. The highest BCUT2D eigenvalue weighted by molar-refractivity contribution is 5.74. The normalized spacial score (nSPS) is 13.2. The molecule has 1 rings (SSSR count). The summed E-state index contributed by atoms with van der Waals surface area (Å²) in [6, 6.07) is 9.81. The summed E-state index contributed by atoms with van der Waals surface area (Å²) >= 11 is 0. The predicted octanol–water partition coefficient (Wildman–Crippen LogP) is 2.56. The van der Waals surface area contributed by atoms with Crippen LogP contribution in [-0.4, -0.2) is 29.2 Å². The lowest BCUT2D eigenvalue weighted by Gasteiger charge is -2.18. The van der Waals surface area contributed by atoms with Crippen LogP contribution in [0.15, 0.2) is 30.3 Å². The summed E-state index contributed by atoms with van der Waals surface area (Å²) in [6.07, 6.45) is 2.27. The Balaban J connectivity index is 2.22. The van der Waals surface area contributed by atoms with E-state index < -0.39 is 5.97 Å². The van der Waals surface area contributed by atoms with Gasteiger partial charge in [-0.2, -0.15) is 0 Å². The van der Waals surface area contributed by atoms with Gasteiger partial charge in [0.1, 0.15) is 0 Å². The molecule has 2 amide bonds. The molecule has 116 valence electrons. The van der Waals surface area contributed by atoms with E-state index in [1.165, 1.54) is 5.56 Å². The van der Waals surface area contributed by atoms with E-state index >= 15 is 0 Å². The van der Waals surface area contributed by atoms with Crippen molar-refractivity contribution in [3.8, 4) is 0 Å². The molecule has 0 saturated heterocycles. The monoisotopic (exact) mass is 292 g/mol. The number of carbonyl (C=O) groups excluding carboxylic acids is 1. The minimum Gasteiger partial charge on any atom is -0.481 e. The third kappa shape index (κ3) is 7.97. The molecule has 0 saturated carbocycles. The van der Waals surface area contributed by atoms with Crippen molar-refractivity contribution in [3.05, 3.63) is 35.9 Å². The summed E-state index contributed by atoms with van der Waals surface area (Å²) in [5.41, 5.74) is 1.25. The van der Waals surface area contributed by atoms with Crippen LogP contribution >= 0.6 is 0 Å². The molecule has 5 nitrogen and oxygen atoms in total. The Morgan fingerprint density at radius 1 is 1.05 bits per heavy atom. The van der Waals surface area contributed by atoms with Gasteiger partial charge >= 0.3 is 12.0 Å². The van der Waals surface area contributed by atoms with Crippen molar-refractivity contribution in [3.63, 3.8) is 0 Å². The maximum absolute atomic E-state index is 11.8. The summed E-state index contributed by atoms with van der Waals surface area (Å²) in [5, 5.41) is 14.2. The summed E-state index contributed by atoms with van der Waals surface area (Å²) < 4.78 is 0. The maximum atomic E-state index is 11.8. The Morgan fingerprint density at radius 2 is 1.62 bits per heavy atom. The number of carbonyl (C=O) groups is 2. The first-order valence-corrected chi connectivity index (χ1v) is 7.30. The fourth-order valence-electron chi connectivity index (χ4n) is 2.00. The van der Waals surface area contributed by atoms with Crippen molar-refractivity contribution in [2.45, 2.75) is 51.6 Å². The molecule has 0 aliphatic heterocycles. The van der Waals surface area contributed by atoms with Crippen molar-refractivity contribution in [2.75, 3.05) is 0 Å². The first-order chi connectivity index (χ1) is 9.97. The van der Waals surface area contributed by atoms with Crippen molar-refractivity contribution >= 4 is 12.0 Å². The fourth-order valence-corrected chi connectivity index (χ4v) is 2.00. The number of hydrogen-bond donors (Lipinski definition) is 3. The molecule has 0 aliphatic carbocycles. The van der Waals surface area contributed by atoms with E-state index in [4.69, 9.17) is 5.11 Å². The van der Waals surface area contributed by atoms with Gasteiger partial charge in [0.2, 0.25) is 0 Å².